The quantitative estimate of drug-likeness (QED) is 0.429. The summed E-state index contributed by atoms with van der Waals surface area (Å²) in [7, 11) is 1.27. The van der Waals surface area contributed by atoms with Crippen molar-refractivity contribution in [2.75, 3.05) is 45.2 Å². The summed E-state index contributed by atoms with van der Waals surface area (Å²) in [5.74, 6) is -0.588. The number of para-hydroxylation sites is 1. The van der Waals surface area contributed by atoms with Crippen LogP contribution in [0, 0.1) is 10.1 Å². The number of methoxy groups -OCH3 is 1. The molecule has 2 aromatic carbocycles. The predicted octanol–water partition coefficient (Wildman–Crippen LogP) is 3.61. The first-order valence-electron chi connectivity index (χ1n) is 10.1. The third-order valence-electron chi connectivity index (χ3n) is 5.15. The van der Waals surface area contributed by atoms with E-state index in [9.17, 15) is 23.7 Å². The van der Waals surface area contributed by atoms with Crippen molar-refractivity contribution in [3.05, 3.63) is 57.1 Å². The monoisotopic (exact) mass is 484 g/mol. The van der Waals surface area contributed by atoms with Crippen molar-refractivity contribution in [3.8, 4) is 11.5 Å². The van der Waals surface area contributed by atoms with Gasteiger partial charge in [-0.2, -0.15) is 8.78 Å². The van der Waals surface area contributed by atoms with Crippen molar-refractivity contribution in [2.45, 2.75) is 13.2 Å². The Hall–Kier alpha value is -3.02. The van der Waals surface area contributed by atoms with Gasteiger partial charge in [0.15, 0.2) is 11.5 Å². The van der Waals surface area contributed by atoms with Crippen LogP contribution in [-0.4, -0.2) is 67.1 Å². The van der Waals surface area contributed by atoms with E-state index in [2.05, 4.69) is 10.1 Å². The third-order valence-corrected chi connectivity index (χ3v) is 5.48. The number of hydrogen-bond acceptors (Lipinski definition) is 7. The third kappa shape index (κ3) is 6.73. The zero-order valence-electron chi connectivity index (χ0n) is 17.8. The van der Waals surface area contributed by atoms with Gasteiger partial charge < -0.3 is 14.8 Å². The standard InChI is InChI=1S/C21H23ClF2N4O5/c1-32-18-10-14(17(28(30)31)11-19(18)33-21(23)24)12-26-6-8-27(9-7-26)13-20(29)25-16-5-3-2-4-15(16)22/h2-5,10-11,21H,6-9,12-13H2,1H3,(H,25,29). The van der Waals surface area contributed by atoms with Crippen molar-refractivity contribution in [1.82, 2.24) is 9.80 Å². The van der Waals surface area contributed by atoms with E-state index in [-0.39, 0.29) is 30.4 Å². The second-order valence-electron chi connectivity index (χ2n) is 7.35. The van der Waals surface area contributed by atoms with E-state index in [1.54, 1.807) is 24.3 Å². The lowest BCUT2D eigenvalue weighted by Crippen LogP contribution is -2.48. The van der Waals surface area contributed by atoms with E-state index >= 15 is 0 Å². The zero-order chi connectivity index (χ0) is 24.0. The molecule has 0 aliphatic carbocycles. The summed E-state index contributed by atoms with van der Waals surface area (Å²) in [5.41, 5.74) is 0.541. The lowest BCUT2D eigenvalue weighted by Gasteiger charge is -2.34. The van der Waals surface area contributed by atoms with Crippen LogP contribution in [0.3, 0.4) is 0 Å². The minimum Gasteiger partial charge on any atom is -0.493 e. The summed E-state index contributed by atoms with van der Waals surface area (Å²) in [5, 5.41) is 14.7. The van der Waals surface area contributed by atoms with Crippen LogP contribution in [0.2, 0.25) is 5.02 Å². The van der Waals surface area contributed by atoms with Crippen molar-refractivity contribution < 1.29 is 28.0 Å². The molecule has 9 nitrogen and oxygen atoms in total. The first kappa shape index (κ1) is 24.6. The van der Waals surface area contributed by atoms with Crippen LogP contribution in [0.4, 0.5) is 20.2 Å². The van der Waals surface area contributed by atoms with Crippen LogP contribution in [-0.2, 0) is 11.3 Å². The lowest BCUT2D eigenvalue weighted by molar-refractivity contribution is -0.385. The van der Waals surface area contributed by atoms with Gasteiger partial charge in [-0.05, 0) is 18.2 Å². The highest BCUT2D eigenvalue weighted by molar-refractivity contribution is 6.33. The molecule has 1 aliphatic rings. The molecular weight excluding hydrogens is 462 g/mol. The smallest absolute Gasteiger partial charge is 0.387 e. The number of nitro groups is 1. The van der Waals surface area contributed by atoms with Crippen LogP contribution >= 0.6 is 11.6 Å². The fourth-order valence-electron chi connectivity index (χ4n) is 3.54. The van der Waals surface area contributed by atoms with Gasteiger partial charge in [0, 0.05) is 38.3 Å². The Morgan fingerprint density at radius 1 is 1.18 bits per heavy atom. The van der Waals surface area contributed by atoms with Gasteiger partial charge in [-0.1, -0.05) is 23.7 Å². The molecule has 178 valence electrons. The van der Waals surface area contributed by atoms with Crippen LogP contribution in [0.25, 0.3) is 0 Å². The van der Waals surface area contributed by atoms with E-state index in [1.807, 2.05) is 9.80 Å². The molecule has 0 radical (unpaired) electrons. The molecule has 12 heteroatoms. The Morgan fingerprint density at radius 3 is 2.45 bits per heavy atom. The SMILES string of the molecule is COc1cc(CN2CCN(CC(=O)Nc3ccccc3Cl)CC2)c([N+](=O)[O-])cc1OC(F)F. The number of carbonyl (C=O) groups excluding carboxylic acids is 1. The molecule has 1 amide bonds. The van der Waals surface area contributed by atoms with Crippen LogP contribution in [0.5, 0.6) is 11.5 Å². The maximum atomic E-state index is 12.6. The predicted molar refractivity (Wildman–Crippen MR) is 118 cm³/mol. The number of rotatable bonds is 9. The number of nitrogens with zero attached hydrogens (tertiary/aromatic N) is 3. The highest BCUT2D eigenvalue weighted by Crippen LogP contribution is 2.36. The number of piperazine rings is 1. The molecule has 0 spiro atoms. The Kier molecular flexibility index (Phi) is 8.37. The molecule has 0 unspecified atom stereocenters. The van der Waals surface area contributed by atoms with Gasteiger partial charge >= 0.3 is 6.61 Å². The van der Waals surface area contributed by atoms with Gasteiger partial charge in [0.1, 0.15) is 0 Å². The van der Waals surface area contributed by atoms with Gasteiger partial charge in [-0.15, -0.1) is 0 Å². The minimum atomic E-state index is -3.13. The summed E-state index contributed by atoms with van der Waals surface area (Å²) in [6, 6.07) is 9.26. The molecule has 33 heavy (non-hydrogen) atoms. The van der Waals surface area contributed by atoms with Gasteiger partial charge in [0.25, 0.3) is 5.69 Å². The molecule has 1 heterocycles. The molecule has 0 saturated carbocycles. The topological polar surface area (TPSA) is 97.2 Å². The molecule has 1 N–H and O–H groups in total. The van der Waals surface area contributed by atoms with E-state index in [0.29, 0.717) is 42.5 Å². The van der Waals surface area contributed by atoms with E-state index in [0.717, 1.165) is 6.07 Å². The summed E-state index contributed by atoms with van der Waals surface area (Å²) in [6.07, 6.45) is 0. The van der Waals surface area contributed by atoms with Crippen molar-refractivity contribution in [1.29, 1.82) is 0 Å². The first-order chi connectivity index (χ1) is 15.8. The maximum Gasteiger partial charge on any atom is 0.387 e. The van der Waals surface area contributed by atoms with Gasteiger partial charge in [-0.3, -0.25) is 24.7 Å². The number of halogens is 3. The normalized spacial score (nSPS) is 14.8. The van der Waals surface area contributed by atoms with Crippen LogP contribution < -0.4 is 14.8 Å². The number of benzene rings is 2. The number of hydrogen-bond donors (Lipinski definition) is 1. The molecular formula is C21H23ClF2N4O5. The molecule has 1 fully saturated rings. The lowest BCUT2D eigenvalue weighted by atomic mass is 10.1. The average Bonchev–Trinajstić information content (AvgIpc) is 2.77. The number of amides is 1. The Morgan fingerprint density at radius 2 is 1.85 bits per heavy atom. The highest BCUT2D eigenvalue weighted by Gasteiger charge is 2.25. The second-order valence-corrected chi connectivity index (χ2v) is 7.75. The van der Waals surface area contributed by atoms with E-state index in [4.69, 9.17) is 16.3 Å². The Balaban J connectivity index is 1.59. The Bertz CT molecular complexity index is 1000. The molecule has 1 aliphatic heterocycles. The van der Waals surface area contributed by atoms with Gasteiger partial charge in [0.2, 0.25) is 5.91 Å². The maximum absolute atomic E-state index is 12.6. The van der Waals surface area contributed by atoms with E-state index in [1.165, 1.54) is 13.2 Å². The minimum absolute atomic E-state index is 0.00854. The number of nitrogens with one attached hydrogen (secondary N) is 1. The number of carbonyl (C=O) groups is 1. The Labute approximate surface area is 194 Å². The van der Waals surface area contributed by atoms with Gasteiger partial charge in [-0.25, -0.2) is 0 Å². The zero-order valence-corrected chi connectivity index (χ0v) is 18.6. The average molecular weight is 485 g/mol. The number of nitro benzene ring substituents is 1. The number of ether oxygens (including phenoxy) is 2. The summed E-state index contributed by atoms with van der Waals surface area (Å²) >= 11 is 6.06. The van der Waals surface area contributed by atoms with Crippen molar-refractivity contribution in [2.24, 2.45) is 0 Å². The summed E-state index contributed by atoms with van der Waals surface area (Å²) in [4.78, 5) is 27.1. The number of anilines is 1. The van der Waals surface area contributed by atoms with Gasteiger partial charge in [0.05, 0.1) is 35.4 Å². The number of alkyl halides is 2. The highest BCUT2D eigenvalue weighted by atomic mass is 35.5. The summed E-state index contributed by atoms with van der Waals surface area (Å²) in [6.45, 7) is -0.440. The molecule has 1 saturated heterocycles. The largest absolute Gasteiger partial charge is 0.493 e. The fourth-order valence-corrected chi connectivity index (χ4v) is 3.72. The molecule has 0 atom stereocenters. The van der Waals surface area contributed by atoms with Crippen LogP contribution in [0.15, 0.2) is 36.4 Å². The van der Waals surface area contributed by atoms with Crippen molar-refractivity contribution >= 4 is 28.9 Å². The van der Waals surface area contributed by atoms with Crippen molar-refractivity contribution in [3.63, 3.8) is 0 Å². The summed E-state index contributed by atoms with van der Waals surface area (Å²) < 4.78 is 34.6. The fraction of sp³-hybridized carbons (Fsp3) is 0.381. The molecule has 2 aromatic rings. The van der Waals surface area contributed by atoms with E-state index < -0.39 is 17.3 Å². The molecule has 0 bridgehead atoms. The van der Waals surface area contributed by atoms with Crippen LogP contribution in [0.1, 0.15) is 5.56 Å². The molecule has 0 aromatic heterocycles. The molecule has 3 rings (SSSR count). The first-order valence-corrected chi connectivity index (χ1v) is 10.4. The second kappa shape index (κ2) is 11.2.